The number of hydrogen-bond acceptors (Lipinski definition) is 6. The van der Waals surface area contributed by atoms with Crippen LogP contribution in [0.25, 0.3) is 0 Å². The van der Waals surface area contributed by atoms with Crippen LogP contribution < -0.4 is 10.6 Å². The molecule has 0 radical (unpaired) electrons. The molecule has 3 aliphatic rings. The number of aliphatic hydroxyl groups is 1. The largest absolute Gasteiger partial charge is 0.469 e. The number of carbonyl (C=O) groups is 4. The van der Waals surface area contributed by atoms with Crippen LogP contribution in [0.4, 0.5) is 0 Å². The first-order valence-corrected chi connectivity index (χ1v) is 12.2. The topological polar surface area (TPSA) is 122 Å². The van der Waals surface area contributed by atoms with Crippen LogP contribution in [0.5, 0.6) is 0 Å². The van der Waals surface area contributed by atoms with Gasteiger partial charge in [0.15, 0.2) is 5.78 Å². The van der Waals surface area contributed by atoms with Crippen molar-refractivity contribution < 1.29 is 29.0 Å². The van der Waals surface area contributed by atoms with E-state index in [-0.39, 0.29) is 59.3 Å². The zero-order chi connectivity index (χ0) is 23.1. The smallest absolute Gasteiger partial charge is 0.308 e. The van der Waals surface area contributed by atoms with Gasteiger partial charge in [0.2, 0.25) is 11.8 Å². The molecule has 0 aromatic carbocycles. The van der Waals surface area contributed by atoms with Crippen molar-refractivity contribution in [3.63, 3.8) is 0 Å². The number of ether oxygens (including phenoxy) is 1. The molecule has 3 N–H and O–H groups in total. The first kappa shape index (κ1) is 24.7. The minimum atomic E-state index is -0.407. The van der Waals surface area contributed by atoms with Gasteiger partial charge in [0.1, 0.15) is 6.61 Å². The number of esters is 1. The molecule has 8 nitrogen and oxygen atoms in total. The van der Waals surface area contributed by atoms with Gasteiger partial charge in [-0.25, -0.2) is 0 Å². The fourth-order valence-corrected chi connectivity index (χ4v) is 5.58. The number of aliphatic hydroxyl groups excluding tert-OH is 1. The molecule has 0 spiro atoms. The van der Waals surface area contributed by atoms with E-state index in [0.29, 0.717) is 38.5 Å². The Balaban J connectivity index is 1.33. The van der Waals surface area contributed by atoms with Gasteiger partial charge in [0.25, 0.3) is 0 Å². The van der Waals surface area contributed by atoms with E-state index in [1.807, 2.05) is 0 Å². The van der Waals surface area contributed by atoms with E-state index in [9.17, 15) is 19.2 Å². The first-order valence-electron chi connectivity index (χ1n) is 12.2. The number of rotatable bonds is 7. The summed E-state index contributed by atoms with van der Waals surface area (Å²) in [4.78, 5) is 48.5. The standard InChI is InChI=1S/C24H38N2O6/c1-32-24(31)18-8-6-17(7-9-18)23(30)26-20-12-10-19(11-13-20)25-22(29)16-4-2-15(3-5-16)21(28)14-27/h15-20,27H,2-14H2,1H3,(H,25,29)(H,26,30). The molecule has 0 saturated heterocycles. The lowest BCUT2D eigenvalue weighted by Crippen LogP contribution is -2.47. The minimum Gasteiger partial charge on any atom is -0.469 e. The van der Waals surface area contributed by atoms with Crippen molar-refractivity contribution in [2.24, 2.45) is 23.7 Å². The maximum Gasteiger partial charge on any atom is 0.308 e. The molecule has 8 heteroatoms. The zero-order valence-electron chi connectivity index (χ0n) is 19.1. The van der Waals surface area contributed by atoms with Gasteiger partial charge in [-0.1, -0.05) is 0 Å². The maximum absolute atomic E-state index is 12.6. The summed E-state index contributed by atoms with van der Waals surface area (Å²) < 4.78 is 4.81. The third-order valence-electron chi connectivity index (χ3n) is 7.76. The van der Waals surface area contributed by atoms with Crippen molar-refractivity contribution >= 4 is 23.6 Å². The van der Waals surface area contributed by atoms with Gasteiger partial charge >= 0.3 is 5.97 Å². The number of carbonyl (C=O) groups excluding carboxylic acids is 4. The summed E-state index contributed by atoms with van der Waals surface area (Å²) in [6.07, 6.45) is 9.03. The molecule has 0 heterocycles. The van der Waals surface area contributed by atoms with Crippen molar-refractivity contribution in [3.8, 4) is 0 Å². The number of ketones is 1. The second kappa shape index (κ2) is 11.8. The van der Waals surface area contributed by atoms with Crippen molar-refractivity contribution in [1.29, 1.82) is 0 Å². The van der Waals surface area contributed by atoms with E-state index < -0.39 is 6.61 Å². The van der Waals surface area contributed by atoms with Crippen molar-refractivity contribution in [3.05, 3.63) is 0 Å². The van der Waals surface area contributed by atoms with Gasteiger partial charge in [0.05, 0.1) is 13.0 Å². The molecule has 0 unspecified atom stereocenters. The lowest BCUT2D eigenvalue weighted by atomic mass is 9.79. The number of amides is 2. The van der Waals surface area contributed by atoms with E-state index in [0.717, 1.165) is 38.5 Å². The molecule has 0 aromatic heterocycles. The summed E-state index contributed by atoms with van der Waals surface area (Å²) in [5, 5.41) is 15.4. The second-order valence-corrected chi connectivity index (χ2v) is 9.81. The van der Waals surface area contributed by atoms with Gasteiger partial charge in [-0.2, -0.15) is 0 Å². The molecular formula is C24H38N2O6. The monoisotopic (exact) mass is 450 g/mol. The fraction of sp³-hybridized carbons (Fsp3) is 0.833. The van der Waals surface area contributed by atoms with Gasteiger partial charge in [0, 0.05) is 29.8 Å². The van der Waals surface area contributed by atoms with Crippen LogP contribution in [0.15, 0.2) is 0 Å². The number of methoxy groups -OCH3 is 1. The summed E-state index contributed by atoms with van der Waals surface area (Å²) in [7, 11) is 1.41. The molecule has 3 fully saturated rings. The van der Waals surface area contributed by atoms with Crippen molar-refractivity contribution in [2.75, 3.05) is 13.7 Å². The first-order chi connectivity index (χ1) is 15.4. The minimum absolute atomic E-state index is 0.0267. The van der Waals surface area contributed by atoms with E-state index in [4.69, 9.17) is 9.84 Å². The second-order valence-electron chi connectivity index (χ2n) is 9.81. The quantitative estimate of drug-likeness (QED) is 0.509. The van der Waals surface area contributed by atoms with Crippen LogP contribution in [-0.2, 0) is 23.9 Å². The Morgan fingerprint density at radius 1 is 0.656 bits per heavy atom. The summed E-state index contributed by atoms with van der Waals surface area (Å²) >= 11 is 0. The number of Topliss-reactive ketones (excluding diaryl/α,β-unsaturated/α-hetero) is 1. The number of hydrogen-bond donors (Lipinski definition) is 3. The summed E-state index contributed by atoms with van der Waals surface area (Å²) in [5.74, 6) is -0.357. The van der Waals surface area contributed by atoms with E-state index in [1.54, 1.807) is 0 Å². The Labute approximate surface area is 190 Å². The Morgan fingerprint density at radius 2 is 1.03 bits per heavy atom. The predicted molar refractivity (Wildman–Crippen MR) is 117 cm³/mol. The van der Waals surface area contributed by atoms with Gasteiger partial charge in [-0.15, -0.1) is 0 Å². The van der Waals surface area contributed by atoms with Crippen LogP contribution in [0, 0.1) is 23.7 Å². The maximum atomic E-state index is 12.6. The van der Waals surface area contributed by atoms with Crippen LogP contribution in [0.2, 0.25) is 0 Å². The Hall–Kier alpha value is -1.96. The average molecular weight is 451 g/mol. The summed E-state index contributed by atoms with van der Waals surface area (Å²) in [6.45, 7) is -0.407. The summed E-state index contributed by atoms with van der Waals surface area (Å²) in [6, 6.07) is 0.289. The third kappa shape index (κ3) is 6.53. The van der Waals surface area contributed by atoms with Crippen LogP contribution >= 0.6 is 0 Å². The highest BCUT2D eigenvalue weighted by Crippen LogP contribution is 2.31. The van der Waals surface area contributed by atoms with Gasteiger partial charge < -0.3 is 20.5 Å². The van der Waals surface area contributed by atoms with Crippen LogP contribution in [0.3, 0.4) is 0 Å². The molecule has 3 saturated carbocycles. The number of nitrogens with one attached hydrogen (secondary N) is 2. The van der Waals surface area contributed by atoms with E-state index >= 15 is 0 Å². The summed E-state index contributed by atoms with van der Waals surface area (Å²) in [5.41, 5.74) is 0. The molecule has 180 valence electrons. The molecule has 0 aliphatic heterocycles. The van der Waals surface area contributed by atoms with Crippen molar-refractivity contribution in [2.45, 2.75) is 89.1 Å². The molecule has 2 amide bonds. The Kier molecular flexibility index (Phi) is 9.08. The predicted octanol–water partition coefficient (Wildman–Crippen LogP) is 1.88. The lowest BCUT2D eigenvalue weighted by Gasteiger charge is -2.33. The van der Waals surface area contributed by atoms with E-state index in [2.05, 4.69) is 10.6 Å². The van der Waals surface area contributed by atoms with Gasteiger partial charge in [-0.3, -0.25) is 19.2 Å². The molecule has 3 aliphatic carbocycles. The van der Waals surface area contributed by atoms with Gasteiger partial charge in [-0.05, 0) is 77.0 Å². The molecule has 32 heavy (non-hydrogen) atoms. The Morgan fingerprint density at radius 3 is 1.41 bits per heavy atom. The highest BCUT2D eigenvalue weighted by atomic mass is 16.5. The molecule has 0 bridgehead atoms. The molecule has 0 atom stereocenters. The molecular weight excluding hydrogens is 412 g/mol. The van der Waals surface area contributed by atoms with Crippen molar-refractivity contribution in [1.82, 2.24) is 10.6 Å². The van der Waals surface area contributed by atoms with Crippen LogP contribution in [0.1, 0.15) is 77.0 Å². The molecule has 0 aromatic rings. The normalized spacial score (nSPS) is 33.1. The highest BCUT2D eigenvalue weighted by molar-refractivity contribution is 5.83. The fourth-order valence-electron chi connectivity index (χ4n) is 5.58. The third-order valence-corrected chi connectivity index (χ3v) is 7.76. The van der Waals surface area contributed by atoms with Crippen LogP contribution in [-0.4, -0.2) is 54.5 Å². The Bertz CT molecular complexity index is 614. The molecule has 3 rings (SSSR count). The average Bonchev–Trinajstić information content (AvgIpc) is 2.84. The SMILES string of the molecule is COC(=O)C1CCC(C(=O)NC2CCC(NC(=O)C3CCC(C(=O)CO)CC3)CC2)CC1. The lowest BCUT2D eigenvalue weighted by molar-refractivity contribution is -0.147. The van der Waals surface area contributed by atoms with E-state index in [1.165, 1.54) is 7.11 Å². The highest BCUT2D eigenvalue weighted by Gasteiger charge is 2.33. The zero-order valence-corrected chi connectivity index (χ0v) is 19.1.